The zero-order valence-corrected chi connectivity index (χ0v) is 14.0. The molecule has 4 rings (SSSR count). The van der Waals surface area contributed by atoms with Crippen molar-refractivity contribution in [2.24, 2.45) is 0 Å². The van der Waals surface area contributed by atoms with Crippen molar-refractivity contribution < 1.29 is 9.90 Å². The molecule has 0 aliphatic rings. The summed E-state index contributed by atoms with van der Waals surface area (Å²) in [5.74, 6) is -1.39. The van der Waals surface area contributed by atoms with E-state index in [-0.39, 0.29) is 11.5 Å². The number of benzene rings is 2. The van der Waals surface area contributed by atoms with Crippen LogP contribution in [0.4, 0.5) is 5.82 Å². The molecule has 4 aromatic rings. The van der Waals surface area contributed by atoms with Gasteiger partial charge in [-0.2, -0.15) is 5.10 Å². The quantitative estimate of drug-likeness (QED) is 0.510. The standard InChI is InChI=1S/C18H12ClN5O2/c19-12-7-10(6-11-8-21-24-13(11)12)15-14(9-4-2-1-3-5-9)23-17(20)16(22-15)18(25)26/h1-8H,(H2,20,23)(H,21,24)(H,25,26). The molecule has 0 aliphatic carbocycles. The Labute approximate surface area is 152 Å². The summed E-state index contributed by atoms with van der Waals surface area (Å²) in [6, 6.07) is 12.8. The van der Waals surface area contributed by atoms with Gasteiger partial charge in [0.05, 0.1) is 28.1 Å². The van der Waals surface area contributed by atoms with Gasteiger partial charge in [-0.25, -0.2) is 14.8 Å². The summed E-state index contributed by atoms with van der Waals surface area (Å²) in [7, 11) is 0. The summed E-state index contributed by atoms with van der Waals surface area (Å²) in [5.41, 5.74) is 8.46. The van der Waals surface area contributed by atoms with E-state index in [2.05, 4.69) is 20.2 Å². The van der Waals surface area contributed by atoms with E-state index in [0.29, 0.717) is 27.5 Å². The lowest BCUT2D eigenvalue weighted by Crippen LogP contribution is -2.10. The average molecular weight is 366 g/mol. The number of H-pyrrole nitrogens is 1. The summed E-state index contributed by atoms with van der Waals surface area (Å²) < 4.78 is 0. The van der Waals surface area contributed by atoms with Gasteiger partial charge in [-0.05, 0) is 12.1 Å². The minimum atomic E-state index is -1.24. The van der Waals surface area contributed by atoms with Gasteiger partial charge in [-0.1, -0.05) is 41.9 Å². The zero-order chi connectivity index (χ0) is 18.3. The van der Waals surface area contributed by atoms with Gasteiger partial charge < -0.3 is 10.8 Å². The molecule has 2 heterocycles. The number of fused-ring (bicyclic) bond motifs is 1. The van der Waals surface area contributed by atoms with Crippen LogP contribution in [-0.4, -0.2) is 31.2 Å². The Morgan fingerprint density at radius 1 is 1.08 bits per heavy atom. The largest absolute Gasteiger partial charge is 0.476 e. The highest BCUT2D eigenvalue weighted by Crippen LogP contribution is 2.34. The van der Waals surface area contributed by atoms with Crippen molar-refractivity contribution >= 4 is 34.3 Å². The minimum Gasteiger partial charge on any atom is -0.476 e. The maximum absolute atomic E-state index is 11.5. The van der Waals surface area contributed by atoms with Crippen LogP contribution < -0.4 is 5.73 Å². The predicted molar refractivity (Wildman–Crippen MR) is 98.9 cm³/mol. The van der Waals surface area contributed by atoms with Crippen molar-refractivity contribution in [2.75, 3.05) is 5.73 Å². The second-order valence-electron chi connectivity index (χ2n) is 5.62. The first-order valence-corrected chi connectivity index (χ1v) is 8.01. The van der Waals surface area contributed by atoms with Gasteiger partial charge >= 0.3 is 5.97 Å². The molecule has 7 nitrogen and oxygen atoms in total. The van der Waals surface area contributed by atoms with E-state index < -0.39 is 5.97 Å². The maximum atomic E-state index is 11.5. The molecule has 4 N–H and O–H groups in total. The fraction of sp³-hybridized carbons (Fsp3) is 0. The van der Waals surface area contributed by atoms with Crippen LogP contribution in [0.25, 0.3) is 33.4 Å². The SMILES string of the molecule is Nc1nc(-c2ccccc2)c(-c2cc(Cl)c3[nH]ncc3c2)nc1C(=O)O. The average Bonchev–Trinajstić information content (AvgIpc) is 3.11. The maximum Gasteiger partial charge on any atom is 0.358 e. The number of halogens is 1. The Bertz CT molecular complexity index is 1140. The number of carbonyl (C=O) groups is 1. The third kappa shape index (κ3) is 2.64. The van der Waals surface area contributed by atoms with Gasteiger partial charge in [0.15, 0.2) is 11.5 Å². The van der Waals surface area contributed by atoms with Crippen molar-refractivity contribution in [1.82, 2.24) is 20.2 Å². The van der Waals surface area contributed by atoms with Crippen LogP contribution in [0.1, 0.15) is 10.5 Å². The van der Waals surface area contributed by atoms with Gasteiger partial charge in [0, 0.05) is 16.5 Å². The highest BCUT2D eigenvalue weighted by atomic mass is 35.5. The number of rotatable bonds is 3. The van der Waals surface area contributed by atoms with Crippen LogP contribution >= 0.6 is 11.6 Å². The lowest BCUT2D eigenvalue weighted by Gasteiger charge is -2.12. The number of hydrogen-bond donors (Lipinski definition) is 3. The smallest absolute Gasteiger partial charge is 0.358 e. The monoisotopic (exact) mass is 365 g/mol. The predicted octanol–water partition coefficient (Wildman–Crippen LogP) is 3.62. The van der Waals surface area contributed by atoms with E-state index in [1.54, 1.807) is 12.3 Å². The summed E-state index contributed by atoms with van der Waals surface area (Å²) in [6.07, 6.45) is 1.63. The lowest BCUT2D eigenvalue weighted by atomic mass is 10.0. The van der Waals surface area contributed by atoms with Crippen molar-refractivity contribution in [3.05, 3.63) is 59.4 Å². The second-order valence-corrected chi connectivity index (χ2v) is 6.03. The van der Waals surface area contributed by atoms with Crippen LogP contribution in [0.5, 0.6) is 0 Å². The van der Waals surface area contributed by atoms with Crippen molar-refractivity contribution in [1.29, 1.82) is 0 Å². The molecule has 0 atom stereocenters. The molecule has 2 aromatic carbocycles. The summed E-state index contributed by atoms with van der Waals surface area (Å²) in [5, 5.41) is 17.4. The minimum absolute atomic E-state index is 0.143. The van der Waals surface area contributed by atoms with E-state index in [9.17, 15) is 9.90 Å². The van der Waals surface area contributed by atoms with E-state index >= 15 is 0 Å². The fourth-order valence-electron chi connectivity index (χ4n) is 2.76. The van der Waals surface area contributed by atoms with Crippen molar-refractivity contribution in [3.63, 3.8) is 0 Å². The first-order chi connectivity index (χ1) is 12.5. The molecule has 0 radical (unpaired) electrons. The highest BCUT2D eigenvalue weighted by molar-refractivity contribution is 6.35. The fourth-order valence-corrected chi connectivity index (χ4v) is 3.02. The van der Waals surface area contributed by atoms with Crippen LogP contribution in [-0.2, 0) is 0 Å². The molecule has 8 heteroatoms. The van der Waals surface area contributed by atoms with Crippen LogP contribution in [0.3, 0.4) is 0 Å². The van der Waals surface area contributed by atoms with Crippen LogP contribution in [0.2, 0.25) is 5.02 Å². The first-order valence-electron chi connectivity index (χ1n) is 7.64. The Morgan fingerprint density at radius 2 is 1.81 bits per heavy atom. The van der Waals surface area contributed by atoms with E-state index in [1.165, 1.54) is 0 Å². The topological polar surface area (TPSA) is 118 Å². The summed E-state index contributed by atoms with van der Waals surface area (Å²) in [6.45, 7) is 0. The molecule has 0 spiro atoms. The number of hydrogen-bond acceptors (Lipinski definition) is 5. The number of nitrogens with zero attached hydrogens (tertiary/aromatic N) is 3. The van der Waals surface area contributed by atoms with Gasteiger partial charge in [0.2, 0.25) is 0 Å². The molecular weight excluding hydrogens is 354 g/mol. The Kier molecular flexibility index (Phi) is 3.78. The number of nitrogen functional groups attached to an aromatic ring is 1. The number of carboxylic acids is 1. The summed E-state index contributed by atoms with van der Waals surface area (Å²) in [4.78, 5) is 20.0. The molecule has 128 valence electrons. The van der Waals surface area contributed by atoms with Gasteiger partial charge in [0.25, 0.3) is 0 Å². The van der Waals surface area contributed by atoms with E-state index in [1.807, 2.05) is 36.4 Å². The third-order valence-electron chi connectivity index (χ3n) is 3.95. The molecule has 0 saturated heterocycles. The zero-order valence-electron chi connectivity index (χ0n) is 13.3. The van der Waals surface area contributed by atoms with Crippen molar-refractivity contribution in [2.45, 2.75) is 0 Å². The van der Waals surface area contributed by atoms with E-state index in [4.69, 9.17) is 17.3 Å². The number of aromatic nitrogens is 4. The van der Waals surface area contributed by atoms with Gasteiger partial charge in [-0.3, -0.25) is 5.10 Å². The molecule has 0 bridgehead atoms. The Balaban J connectivity index is 2.03. The first kappa shape index (κ1) is 16.0. The molecular formula is C18H12ClN5O2. The van der Waals surface area contributed by atoms with Crippen LogP contribution in [0, 0.1) is 0 Å². The second kappa shape index (κ2) is 6.12. The molecule has 0 fully saturated rings. The number of carboxylic acid groups (broad SMARTS) is 1. The number of nitrogens with two attached hydrogens (primary N) is 1. The lowest BCUT2D eigenvalue weighted by molar-refractivity contribution is 0.0691. The Hall–Kier alpha value is -3.45. The molecule has 0 aliphatic heterocycles. The van der Waals surface area contributed by atoms with Crippen molar-refractivity contribution in [3.8, 4) is 22.5 Å². The molecule has 0 saturated carbocycles. The van der Waals surface area contributed by atoms with Crippen LogP contribution in [0.15, 0.2) is 48.7 Å². The number of anilines is 1. The molecule has 26 heavy (non-hydrogen) atoms. The number of nitrogens with one attached hydrogen (secondary N) is 1. The molecule has 2 aromatic heterocycles. The molecule has 0 amide bonds. The Morgan fingerprint density at radius 3 is 2.54 bits per heavy atom. The van der Waals surface area contributed by atoms with E-state index in [0.717, 1.165) is 10.9 Å². The number of aromatic carboxylic acids is 1. The third-order valence-corrected chi connectivity index (χ3v) is 4.24. The summed E-state index contributed by atoms with van der Waals surface area (Å²) >= 11 is 6.32. The van der Waals surface area contributed by atoms with Gasteiger partial charge in [-0.15, -0.1) is 0 Å². The van der Waals surface area contributed by atoms with Gasteiger partial charge in [0.1, 0.15) is 0 Å². The molecule has 0 unspecified atom stereocenters. The normalized spacial score (nSPS) is 11.0. The number of aromatic amines is 1. The highest BCUT2D eigenvalue weighted by Gasteiger charge is 2.20.